The summed E-state index contributed by atoms with van der Waals surface area (Å²) in [4.78, 5) is 29.6. The molecule has 3 rings (SSSR count). The van der Waals surface area contributed by atoms with Gasteiger partial charge in [-0.1, -0.05) is 11.6 Å². The number of likely N-dealkylation sites (N-methyl/N-ethyl adjacent to an activating group) is 1. The van der Waals surface area contributed by atoms with Gasteiger partial charge in [-0.15, -0.1) is 0 Å². The lowest BCUT2D eigenvalue weighted by Gasteiger charge is -2.28. The zero-order chi connectivity index (χ0) is 24.3. The number of carbonyl (C=O) groups is 2. The van der Waals surface area contributed by atoms with E-state index in [2.05, 4.69) is 0 Å². The van der Waals surface area contributed by atoms with Crippen LogP contribution in [0.25, 0.3) is 5.76 Å². The van der Waals surface area contributed by atoms with E-state index < -0.39 is 17.7 Å². The van der Waals surface area contributed by atoms with Crippen molar-refractivity contribution in [3.05, 3.63) is 58.1 Å². The maximum absolute atomic E-state index is 13.2. The number of hydrogen-bond donors (Lipinski definition) is 1. The van der Waals surface area contributed by atoms with Crippen LogP contribution >= 0.6 is 11.6 Å². The van der Waals surface area contributed by atoms with Crippen molar-refractivity contribution < 1.29 is 28.9 Å². The largest absolute Gasteiger partial charge is 0.507 e. The van der Waals surface area contributed by atoms with Crippen LogP contribution in [-0.2, 0) is 9.59 Å². The van der Waals surface area contributed by atoms with Crippen molar-refractivity contribution in [2.45, 2.75) is 6.04 Å². The molecule has 1 saturated heterocycles. The predicted molar refractivity (Wildman–Crippen MR) is 125 cm³/mol. The average molecular weight is 475 g/mol. The van der Waals surface area contributed by atoms with E-state index in [0.29, 0.717) is 34.9 Å². The number of methoxy groups -OCH3 is 3. The Bertz CT molecular complexity index is 1100. The molecule has 1 N–H and O–H groups in total. The summed E-state index contributed by atoms with van der Waals surface area (Å²) in [5.74, 6) is -0.417. The van der Waals surface area contributed by atoms with Gasteiger partial charge in [0.2, 0.25) is 0 Å². The van der Waals surface area contributed by atoms with Crippen LogP contribution < -0.4 is 14.2 Å². The summed E-state index contributed by atoms with van der Waals surface area (Å²) in [6.07, 6.45) is 0. The fraction of sp³-hybridized carbons (Fsp3) is 0.333. The van der Waals surface area contributed by atoms with Crippen molar-refractivity contribution in [1.29, 1.82) is 0 Å². The van der Waals surface area contributed by atoms with E-state index in [9.17, 15) is 14.7 Å². The Morgan fingerprint density at radius 1 is 1.03 bits per heavy atom. The molecule has 0 unspecified atom stereocenters. The molecule has 1 aliphatic heterocycles. The summed E-state index contributed by atoms with van der Waals surface area (Å²) in [7, 11) is 8.24. The van der Waals surface area contributed by atoms with E-state index in [1.165, 1.54) is 32.3 Å². The number of nitrogens with zero attached hydrogens (tertiary/aromatic N) is 2. The quantitative estimate of drug-likeness (QED) is 0.356. The van der Waals surface area contributed by atoms with E-state index in [1.807, 2.05) is 19.0 Å². The van der Waals surface area contributed by atoms with Crippen molar-refractivity contribution >= 4 is 29.1 Å². The van der Waals surface area contributed by atoms with Crippen molar-refractivity contribution in [2.24, 2.45) is 0 Å². The second-order valence-corrected chi connectivity index (χ2v) is 8.16. The maximum atomic E-state index is 13.2. The van der Waals surface area contributed by atoms with Gasteiger partial charge in [0.25, 0.3) is 11.7 Å². The number of benzene rings is 2. The Kier molecular flexibility index (Phi) is 7.50. The van der Waals surface area contributed by atoms with Crippen LogP contribution in [0.2, 0.25) is 5.02 Å². The third kappa shape index (κ3) is 4.77. The van der Waals surface area contributed by atoms with E-state index >= 15 is 0 Å². The van der Waals surface area contributed by atoms with Gasteiger partial charge in [0.15, 0.2) is 0 Å². The zero-order valence-corrected chi connectivity index (χ0v) is 20.0. The van der Waals surface area contributed by atoms with Crippen molar-refractivity contribution in [1.82, 2.24) is 9.80 Å². The Balaban J connectivity index is 2.24. The number of hydrogen-bond acceptors (Lipinski definition) is 7. The summed E-state index contributed by atoms with van der Waals surface area (Å²) in [5.41, 5.74) is 0.765. The summed E-state index contributed by atoms with van der Waals surface area (Å²) in [6.45, 7) is 0.785. The normalized spacial score (nSPS) is 17.5. The number of likely N-dealkylation sites (tertiary alicyclic amines) is 1. The van der Waals surface area contributed by atoms with Crippen LogP contribution in [0.15, 0.2) is 42.0 Å². The molecule has 1 atom stereocenters. The van der Waals surface area contributed by atoms with Gasteiger partial charge < -0.3 is 29.1 Å². The van der Waals surface area contributed by atoms with Crippen LogP contribution in [0.4, 0.5) is 0 Å². The Hall–Kier alpha value is -3.23. The zero-order valence-electron chi connectivity index (χ0n) is 19.2. The number of amides is 1. The molecule has 2 aromatic rings. The summed E-state index contributed by atoms with van der Waals surface area (Å²) < 4.78 is 16.1. The third-order valence-electron chi connectivity index (χ3n) is 5.48. The first-order valence-electron chi connectivity index (χ1n) is 10.2. The summed E-state index contributed by atoms with van der Waals surface area (Å²) in [6, 6.07) is 8.89. The van der Waals surface area contributed by atoms with Crippen LogP contribution in [0.5, 0.6) is 17.2 Å². The minimum absolute atomic E-state index is 0.0495. The highest BCUT2D eigenvalue weighted by Crippen LogP contribution is 2.44. The van der Waals surface area contributed by atoms with Gasteiger partial charge in [-0.25, -0.2) is 0 Å². The number of aliphatic hydroxyl groups is 1. The fourth-order valence-corrected chi connectivity index (χ4v) is 4.02. The summed E-state index contributed by atoms with van der Waals surface area (Å²) in [5, 5.41) is 11.5. The van der Waals surface area contributed by atoms with E-state index in [1.54, 1.807) is 30.3 Å². The molecular formula is C24H27ClN2O6. The van der Waals surface area contributed by atoms with Gasteiger partial charge in [-0.3, -0.25) is 9.59 Å². The van der Waals surface area contributed by atoms with Gasteiger partial charge in [0.1, 0.15) is 23.0 Å². The van der Waals surface area contributed by atoms with Crippen LogP contribution in [-0.4, -0.2) is 75.1 Å². The number of ether oxygens (including phenoxy) is 3. The number of halogens is 1. The Morgan fingerprint density at radius 2 is 1.70 bits per heavy atom. The highest BCUT2D eigenvalue weighted by molar-refractivity contribution is 6.46. The lowest BCUT2D eigenvalue weighted by atomic mass is 9.94. The number of carbonyl (C=O) groups excluding carboxylic acids is 2. The molecule has 0 aromatic heterocycles. The van der Waals surface area contributed by atoms with E-state index in [0.717, 1.165) is 0 Å². The molecule has 8 nitrogen and oxygen atoms in total. The van der Waals surface area contributed by atoms with Gasteiger partial charge >= 0.3 is 0 Å². The SMILES string of the molecule is COc1ccc(OC)c([C@@H]2C(=C(O)c3ccc(OC)c(Cl)c3)C(=O)C(=O)N2CCN(C)C)c1. The van der Waals surface area contributed by atoms with Crippen LogP contribution in [0.3, 0.4) is 0 Å². The van der Waals surface area contributed by atoms with Gasteiger partial charge in [0.05, 0.1) is 38.0 Å². The molecule has 1 amide bonds. The fourth-order valence-electron chi connectivity index (χ4n) is 3.76. The number of aliphatic hydroxyl groups excluding tert-OH is 1. The second-order valence-electron chi connectivity index (χ2n) is 7.75. The van der Waals surface area contributed by atoms with Gasteiger partial charge in [-0.2, -0.15) is 0 Å². The maximum Gasteiger partial charge on any atom is 0.295 e. The number of Topliss-reactive ketones (excluding diaryl/α,β-unsaturated/α-hetero) is 1. The van der Waals surface area contributed by atoms with Crippen molar-refractivity contribution in [3.63, 3.8) is 0 Å². The first-order chi connectivity index (χ1) is 15.7. The smallest absolute Gasteiger partial charge is 0.295 e. The molecule has 0 spiro atoms. The van der Waals surface area contributed by atoms with Crippen LogP contribution in [0, 0.1) is 0 Å². The summed E-state index contributed by atoms with van der Waals surface area (Å²) >= 11 is 6.24. The first-order valence-corrected chi connectivity index (χ1v) is 10.6. The highest BCUT2D eigenvalue weighted by atomic mass is 35.5. The molecule has 1 heterocycles. The standard InChI is InChI=1S/C24H27ClN2O6/c1-26(2)10-11-27-21(16-13-15(31-3)7-9-18(16)32-4)20(23(29)24(27)30)22(28)14-6-8-19(33-5)17(25)12-14/h6-9,12-13,21,28H,10-11H2,1-5H3/t21-/m1/s1. The van der Waals surface area contributed by atoms with Crippen LogP contribution in [0.1, 0.15) is 17.2 Å². The minimum Gasteiger partial charge on any atom is -0.507 e. The van der Waals surface area contributed by atoms with E-state index in [4.69, 9.17) is 25.8 Å². The average Bonchev–Trinajstić information content (AvgIpc) is 3.06. The van der Waals surface area contributed by atoms with Gasteiger partial charge in [0, 0.05) is 24.2 Å². The highest BCUT2D eigenvalue weighted by Gasteiger charge is 2.47. The Labute approximate surface area is 197 Å². The second kappa shape index (κ2) is 10.1. The molecule has 2 aromatic carbocycles. The molecule has 0 aliphatic carbocycles. The molecule has 1 aliphatic rings. The van der Waals surface area contributed by atoms with Crippen molar-refractivity contribution in [2.75, 3.05) is 48.5 Å². The molecule has 0 saturated carbocycles. The molecule has 0 bridgehead atoms. The molecule has 9 heteroatoms. The Morgan fingerprint density at radius 3 is 2.27 bits per heavy atom. The monoisotopic (exact) mass is 474 g/mol. The molecule has 0 radical (unpaired) electrons. The van der Waals surface area contributed by atoms with E-state index in [-0.39, 0.29) is 22.9 Å². The third-order valence-corrected chi connectivity index (χ3v) is 5.78. The lowest BCUT2D eigenvalue weighted by molar-refractivity contribution is -0.140. The molecule has 176 valence electrons. The molecular weight excluding hydrogens is 448 g/mol. The number of ketones is 1. The molecule has 33 heavy (non-hydrogen) atoms. The van der Waals surface area contributed by atoms with Crippen molar-refractivity contribution in [3.8, 4) is 17.2 Å². The minimum atomic E-state index is -0.879. The predicted octanol–water partition coefficient (Wildman–Crippen LogP) is 3.35. The molecule has 1 fully saturated rings. The first kappa shape index (κ1) is 24.4. The lowest BCUT2D eigenvalue weighted by Crippen LogP contribution is -2.35. The van der Waals surface area contributed by atoms with Gasteiger partial charge in [-0.05, 0) is 50.5 Å². The number of rotatable bonds is 8. The topological polar surface area (TPSA) is 88.5 Å².